The molecule has 0 aromatic heterocycles. The fraction of sp³-hybridized carbons (Fsp3) is 0.0833. The average Bonchev–Trinajstić information content (AvgIpc) is 3.03. The molecule has 0 aliphatic carbocycles. The van der Waals surface area contributed by atoms with Crippen LogP contribution in [0.25, 0.3) is 6.08 Å². The summed E-state index contributed by atoms with van der Waals surface area (Å²) in [5.41, 5.74) is 2.12. The third-order valence-corrected chi connectivity index (χ3v) is 5.01. The number of ether oxygens (including phenoxy) is 1. The largest absolute Gasteiger partial charge is 0.489 e. The van der Waals surface area contributed by atoms with Crippen LogP contribution in [0.15, 0.2) is 78.5 Å². The maximum absolute atomic E-state index is 13.9. The van der Waals surface area contributed by atoms with Gasteiger partial charge in [-0.2, -0.15) is 0 Å². The Labute approximate surface area is 183 Å². The Bertz CT molecular complexity index is 1140. The van der Waals surface area contributed by atoms with E-state index in [2.05, 4.69) is 5.32 Å². The number of nitrogens with one attached hydrogen (secondary N) is 1. The lowest BCUT2D eigenvalue weighted by Crippen LogP contribution is -2.30. The molecule has 7 heteroatoms. The number of imide groups is 1. The zero-order valence-corrected chi connectivity index (χ0v) is 17.1. The number of urea groups is 1. The topological polar surface area (TPSA) is 58.6 Å². The number of amides is 3. The highest BCUT2D eigenvalue weighted by Gasteiger charge is 2.33. The molecule has 4 rings (SSSR count). The number of benzene rings is 3. The van der Waals surface area contributed by atoms with Crippen molar-refractivity contribution in [1.82, 2.24) is 10.2 Å². The molecule has 1 aliphatic rings. The molecule has 1 heterocycles. The van der Waals surface area contributed by atoms with Crippen LogP contribution < -0.4 is 10.1 Å². The number of carbonyl (C=O) groups is 2. The van der Waals surface area contributed by atoms with Gasteiger partial charge in [0, 0.05) is 10.6 Å². The molecule has 0 bridgehead atoms. The highest BCUT2D eigenvalue weighted by atomic mass is 35.5. The predicted molar refractivity (Wildman–Crippen MR) is 116 cm³/mol. The minimum absolute atomic E-state index is 0.133. The Morgan fingerprint density at radius 2 is 1.68 bits per heavy atom. The van der Waals surface area contributed by atoms with Crippen molar-refractivity contribution < 1.29 is 18.7 Å². The molecule has 156 valence electrons. The molecular formula is C24H18ClFN2O3. The van der Waals surface area contributed by atoms with Crippen molar-refractivity contribution in [2.24, 2.45) is 0 Å². The molecule has 0 spiro atoms. The molecule has 3 aromatic carbocycles. The summed E-state index contributed by atoms with van der Waals surface area (Å²) < 4.78 is 19.6. The monoisotopic (exact) mass is 436 g/mol. The molecule has 0 atom stereocenters. The van der Waals surface area contributed by atoms with E-state index in [1.54, 1.807) is 60.7 Å². The lowest BCUT2D eigenvalue weighted by atomic mass is 10.1. The third-order valence-electron chi connectivity index (χ3n) is 4.76. The molecule has 1 N–H and O–H groups in total. The van der Waals surface area contributed by atoms with Crippen molar-refractivity contribution in [3.05, 3.63) is 106 Å². The Hall–Kier alpha value is -3.64. The lowest BCUT2D eigenvalue weighted by molar-refractivity contribution is -0.123. The second-order valence-electron chi connectivity index (χ2n) is 6.96. The molecule has 0 unspecified atom stereocenters. The van der Waals surface area contributed by atoms with Crippen LogP contribution in [0.3, 0.4) is 0 Å². The first-order valence-electron chi connectivity index (χ1n) is 9.55. The van der Waals surface area contributed by atoms with E-state index in [-0.39, 0.29) is 17.8 Å². The van der Waals surface area contributed by atoms with Gasteiger partial charge in [0.25, 0.3) is 5.91 Å². The molecule has 0 saturated carbocycles. The second kappa shape index (κ2) is 9.02. The molecule has 1 aliphatic heterocycles. The van der Waals surface area contributed by atoms with Crippen LogP contribution in [-0.4, -0.2) is 16.8 Å². The van der Waals surface area contributed by atoms with E-state index in [1.807, 2.05) is 12.1 Å². The molecular weight excluding hydrogens is 419 g/mol. The van der Waals surface area contributed by atoms with Crippen LogP contribution in [0.5, 0.6) is 5.75 Å². The Morgan fingerprint density at radius 3 is 2.39 bits per heavy atom. The Kier molecular flexibility index (Phi) is 6.00. The zero-order chi connectivity index (χ0) is 21.8. The second-order valence-corrected chi connectivity index (χ2v) is 7.39. The highest BCUT2D eigenvalue weighted by molar-refractivity contribution is 6.30. The van der Waals surface area contributed by atoms with Gasteiger partial charge >= 0.3 is 6.03 Å². The predicted octanol–water partition coefficient (Wildman–Crippen LogP) is 5.15. The van der Waals surface area contributed by atoms with Crippen molar-refractivity contribution in [1.29, 1.82) is 0 Å². The molecule has 5 nitrogen and oxygen atoms in total. The van der Waals surface area contributed by atoms with Gasteiger partial charge in [-0.15, -0.1) is 0 Å². The summed E-state index contributed by atoms with van der Waals surface area (Å²) in [5.74, 6) is -0.300. The fourth-order valence-electron chi connectivity index (χ4n) is 3.09. The van der Waals surface area contributed by atoms with Crippen molar-refractivity contribution in [2.45, 2.75) is 13.2 Å². The third kappa shape index (κ3) is 4.92. The van der Waals surface area contributed by atoms with Crippen LogP contribution >= 0.6 is 11.6 Å². The lowest BCUT2D eigenvalue weighted by Gasteiger charge is -2.12. The van der Waals surface area contributed by atoms with E-state index in [9.17, 15) is 14.0 Å². The van der Waals surface area contributed by atoms with Crippen LogP contribution in [0, 0.1) is 5.82 Å². The maximum Gasteiger partial charge on any atom is 0.329 e. The first kappa shape index (κ1) is 20.6. The SMILES string of the molecule is O=C1N/C(=C/c2ccc(OCc3ccc(Cl)cc3)cc2)C(=O)N1Cc1ccccc1F. The number of nitrogens with zero attached hydrogens (tertiary/aromatic N) is 1. The van der Waals surface area contributed by atoms with Crippen LogP contribution in [0.2, 0.25) is 5.02 Å². The standard InChI is InChI=1S/C24H18ClFN2O3/c25-19-9-5-17(6-10-19)15-31-20-11-7-16(8-12-20)13-22-23(29)28(24(30)27-22)14-18-3-1-2-4-21(18)26/h1-13H,14-15H2,(H,27,30)/b22-13+. The quantitative estimate of drug-likeness (QED) is 0.429. The normalized spacial score (nSPS) is 14.8. The molecule has 0 radical (unpaired) electrons. The number of rotatable bonds is 6. The fourth-order valence-corrected chi connectivity index (χ4v) is 3.21. The van der Waals surface area contributed by atoms with Crippen molar-refractivity contribution >= 4 is 29.6 Å². The Balaban J connectivity index is 1.41. The summed E-state index contributed by atoms with van der Waals surface area (Å²) in [6, 6.07) is 20.0. The van der Waals surface area contributed by atoms with Gasteiger partial charge in [0.1, 0.15) is 23.9 Å². The molecule has 1 fully saturated rings. The first-order valence-corrected chi connectivity index (χ1v) is 9.92. The summed E-state index contributed by atoms with van der Waals surface area (Å²) >= 11 is 5.88. The van der Waals surface area contributed by atoms with Crippen molar-refractivity contribution in [3.63, 3.8) is 0 Å². The zero-order valence-electron chi connectivity index (χ0n) is 16.3. The van der Waals surface area contributed by atoms with Gasteiger partial charge in [-0.1, -0.05) is 54.1 Å². The minimum Gasteiger partial charge on any atom is -0.489 e. The van der Waals surface area contributed by atoms with Crippen molar-refractivity contribution in [3.8, 4) is 5.75 Å². The van der Waals surface area contributed by atoms with Gasteiger partial charge in [-0.25, -0.2) is 9.18 Å². The van der Waals surface area contributed by atoms with Crippen molar-refractivity contribution in [2.75, 3.05) is 0 Å². The number of halogens is 2. The van der Waals surface area contributed by atoms with Crippen LogP contribution in [0.4, 0.5) is 9.18 Å². The van der Waals surface area contributed by atoms with Crippen LogP contribution in [-0.2, 0) is 17.9 Å². The first-order chi connectivity index (χ1) is 15.0. The van der Waals surface area contributed by atoms with Gasteiger partial charge in [0.2, 0.25) is 0 Å². The van der Waals surface area contributed by atoms with E-state index in [0.29, 0.717) is 17.4 Å². The van der Waals surface area contributed by atoms with Gasteiger partial charge in [-0.3, -0.25) is 9.69 Å². The molecule has 3 amide bonds. The summed E-state index contributed by atoms with van der Waals surface area (Å²) in [7, 11) is 0. The molecule has 3 aromatic rings. The Morgan fingerprint density at radius 1 is 0.968 bits per heavy atom. The van der Waals surface area contributed by atoms with E-state index >= 15 is 0 Å². The number of hydrogen-bond acceptors (Lipinski definition) is 3. The van der Waals surface area contributed by atoms with E-state index in [4.69, 9.17) is 16.3 Å². The number of hydrogen-bond donors (Lipinski definition) is 1. The average molecular weight is 437 g/mol. The van der Waals surface area contributed by atoms with Crippen LogP contribution in [0.1, 0.15) is 16.7 Å². The summed E-state index contributed by atoms with van der Waals surface area (Å²) in [6.45, 7) is 0.267. The maximum atomic E-state index is 13.9. The van der Waals surface area contributed by atoms with E-state index < -0.39 is 17.8 Å². The van der Waals surface area contributed by atoms with Gasteiger partial charge in [0.05, 0.1) is 6.54 Å². The van der Waals surface area contributed by atoms with Gasteiger partial charge < -0.3 is 10.1 Å². The highest BCUT2D eigenvalue weighted by Crippen LogP contribution is 2.20. The molecule has 1 saturated heterocycles. The smallest absolute Gasteiger partial charge is 0.329 e. The number of carbonyl (C=O) groups excluding carboxylic acids is 2. The summed E-state index contributed by atoms with van der Waals surface area (Å²) in [5, 5.41) is 3.21. The minimum atomic E-state index is -0.581. The van der Waals surface area contributed by atoms with E-state index in [1.165, 1.54) is 6.07 Å². The summed E-state index contributed by atoms with van der Waals surface area (Å²) in [4.78, 5) is 25.8. The van der Waals surface area contributed by atoms with Gasteiger partial charge in [-0.05, 0) is 47.5 Å². The summed E-state index contributed by atoms with van der Waals surface area (Å²) in [6.07, 6.45) is 1.57. The van der Waals surface area contributed by atoms with E-state index in [0.717, 1.165) is 16.0 Å². The molecule has 31 heavy (non-hydrogen) atoms. The van der Waals surface area contributed by atoms with Gasteiger partial charge in [0.15, 0.2) is 0 Å².